The summed E-state index contributed by atoms with van der Waals surface area (Å²) in [7, 11) is 0. The van der Waals surface area contributed by atoms with Crippen molar-refractivity contribution in [1.29, 1.82) is 0 Å². The molecule has 2 heteroatoms. The van der Waals surface area contributed by atoms with Crippen molar-refractivity contribution in [3.63, 3.8) is 0 Å². The maximum Gasteiger partial charge on any atom is 0.0699 e. The van der Waals surface area contributed by atoms with Crippen LogP contribution in [0.1, 0.15) is 112 Å². The molecule has 0 amide bonds. The maximum atomic E-state index is 4.90. The van der Waals surface area contributed by atoms with Gasteiger partial charge in [-0.05, 0) is 59.8 Å². The first-order chi connectivity index (χ1) is 14.0. The lowest BCUT2D eigenvalue weighted by atomic mass is 9.91. The van der Waals surface area contributed by atoms with E-state index in [1.807, 2.05) is 12.4 Å². The van der Waals surface area contributed by atoms with Crippen molar-refractivity contribution in [2.75, 3.05) is 0 Å². The third-order valence-electron chi connectivity index (χ3n) is 5.59. The van der Waals surface area contributed by atoms with Crippen LogP contribution < -0.4 is 0 Å². The number of hydrogen-bond acceptors (Lipinski definition) is 2. The Morgan fingerprint density at radius 3 is 0.933 bits per heavy atom. The van der Waals surface area contributed by atoms with Crippen LogP contribution in [0.15, 0.2) is 34.3 Å². The Hall–Kier alpha value is -2.22. The van der Waals surface area contributed by atoms with Gasteiger partial charge in [-0.1, -0.05) is 90.8 Å². The fourth-order valence-electron chi connectivity index (χ4n) is 3.95. The summed E-state index contributed by atoms with van der Waals surface area (Å²) >= 11 is 0. The van der Waals surface area contributed by atoms with Gasteiger partial charge in [0.2, 0.25) is 0 Å². The molecule has 0 saturated heterocycles. The molecule has 0 saturated carbocycles. The van der Waals surface area contributed by atoms with Gasteiger partial charge in [-0.25, -0.2) is 0 Å². The molecule has 0 N–H and O–H groups in total. The molecule has 0 atom stereocenters. The zero-order chi connectivity index (χ0) is 22.6. The standard InChI is InChI=1S/C28H40N2/c1-17(2)23-13-21(9)14-24(18(3)4)27(23)29-11-12-30-28-25(19(5)6)15-22(10)16-26(28)20(7)8/h11-20H,1-10H3. The van der Waals surface area contributed by atoms with Crippen LogP contribution in [0.3, 0.4) is 0 Å². The van der Waals surface area contributed by atoms with E-state index >= 15 is 0 Å². The molecule has 2 aromatic carbocycles. The Kier molecular flexibility index (Phi) is 8.18. The summed E-state index contributed by atoms with van der Waals surface area (Å²) in [5.41, 5.74) is 10.1. The van der Waals surface area contributed by atoms with Gasteiger partial charge in [-0.3, -0.25) is 9.98 Å². The highest BCUT2D eigenvalue weighted by molar-refractivity contribution is 6.17. The van der Waals surface area contributed by atoms with Gasteiger partial charge in [-0.15, -0.1) is 0 Å². The van der Waals surface area contributed by atoms with E-state index in [1.54, 1.807) is 0 Å². The molecule has 0 unspecified atom stereocenters. The molecule has 0 aliphatic heterocycles. The van der Waals surface area contributed by atoms with Crippen molar-refractivity contribution in [2.45, 2.75) is 92.9 Å². The summed E-state index contributed by atoms with van der Waals surface area (Å²) in [6.07, 6.45) is 3.74. The van der Waals surface area contributed by atoms with E-state index in [1.165, 1.54) is 33.4 Å². The topological polar surface area (TPSA) is 24.7 Å². The normalized spacial score (nSPS) is 12.6. The lowest BCUT2D eigenvalue weighted by Crippen LogP contribution is -1.98. The minimum Gasteiger partial charge on any atom is -0.255 e. The van der Waals surface area contributed by atoms with Crippen LogP contribution in [0, 0.1) is 13.8 Å². The first kappa shape index (κ1) is 24.1. The van der Waals surface area contributed by atoms with Gasteiger partial charge >= 0.3 is 0 Å². The van der Waals surface area contributed by atoms with Crippen LogP contribution in [0.25, 0.3) is 0 Å². The molecule has 0 bridgehead atoms. The van der Waals surface area contributed by atoms with E-state index in [0.29, 0.717) is 23.7 Å². The molecule has 2 aromatic rings. The Morgan fingerprint density at radius 2 is 0.733 bits per heavy atom. The Bertz CT molecular complexity index is 792. The van der Waals surface area contributed by atoms with Crippen LogP contribution in [0.2, 0.25) is 0 Å². The Balaban J connectivity index is 2.51. The lowest BCUT2D eigenvalue weighted by Gasteiger charge is -2.18. The fourth-order valence-corrected chi connectivity index (χ4v) is 3.95. The molecular formula is C28H40N2. The zero-order valence-electron chi connectivity index (χ0n) is 20.7. The first-order valence-corrected chi connectivity index (χ1v) is 11.4. The van der Waals surface area contributed by atoms with Crippen molar-refractivity contribution in [3.05, 3.63) is 57.6 Å². The average molecular weight is 405 g/mol. The van der Waals surface area contributed by atoms with Crippen LogP contribution in [0.4, 0.5) is 11.4 Å². The van der Waals surface area contributed by atoms with E-state index in [4.69, 9.17) is 9.98 Å². The molecule has 0 heterocycles. The second kappa shape index (κ2) is 10.2. The van der Waals surface area contributed by atoms with Crippen LogP contribution >= 0.6 is 0 Å². The molecule has 0 aliphatic carbocycles. The molecule has 0 spiro atoms. The van der Waals surface area contributed by atoms with E-state index < -0.39 is 0 Å². The average Bonchev–Trinajstić information content (AvgIpc) is 2.65. The summed E-state index contributed by atoms with van der Waals surface area (Å²) in [6, 6.07) is 9.09. The molecule has 0 fully saturated rings. The molecule has 0 aromatic heterocycles. The second-order valence-corrected chi connectivity index (χ2v) is 9.76. The van der Waals surface area contributed by atoms with Crippen molar-refractivity contribution >= 4 is 23.8 Å². The second-order valence-electron chi connectivity index (χ2n) is 9.76. The number of aliphatic imine (C=N–C) groups is 2. The van der Waals surface area contributed by atoms with E-state index in [9.17, 15) is 0 Å². The zero-order valence-corrected chi connectivity index (χ0v) is 20.7. The van der Waals surface area contributed by atoms with Gasteiger partial charge in [0.25, 0.3) is 0 Å². The number of nitrogens with zero attached hydrogens (tertiary/aromatic N) is 2. The molecule has 0 radical (unpaired) electrons. The fraction of sp³-hybridized carbons (Fsp3) is 0.500. The smallest absolute Gasteiger partial charge is 0.0699 e. The summed E-state index contributed by atoms with van der Waals surface area (Å²) in [4.78, 5) is 9.79. The van der Waals surface area contributed by atoms with E-state index in [0.717, 1.165) is 11.4 Å². The van der Waals surface area contributed by atoms with Crippen molar-refractivity contribution in [3.8, 4) is 0 Å². The monoisotopic (exact) mass is 404 g/mol. The number of hydrogen-bond donors (Lipinski definition) is 0. The summed E-state index contributed by atoms with van der Waals surface area (Å²) in [5.74, 6) is 1.74. The molecule has 30 heavy (non-hydrogen) atoms. The van der Waals surface area contributed by atoms with Crippen molar-refractivity contribution < 1.29 is 0 Å². The number of rotatable bonds is 7. The summed E-state index contributed by atoms with van der Waals surface area (Å²) < 4.78 is 0. The first-order valence-electron chi connectivity index (χ1n) is 11.4. The Morgan fingerprint density at radius 1 is 0.500 bits per heavy atom. The summed E-state index contributed by atoms with van der Waals surface area (Å²) in [5, 5.41) is 0. The number of aryl methyl sites for hydroxylation is 2. The predicted octanol–water partition coefficient (Wildman–Crippen LogP) is 8.90. The Labute approximate surface area is 184 Å². The minimum atomic E-state index is 0.434. The highest BCUT2D eigenvalue weighted by atomic mass is 14.8. The quantitative estimate of drug-likeness (QED) is 0.411. The third-order valence-corrected chi connectivity index (χ3v) is 5.59. The highest BCUT2D eigenvalue weighted by Gasteiger charge is 2.15. The highest BCUT2D eigenvalue weighted by Crippen LogP contribution is 2.37. The predicted molar refractivity (Wildman–Crippen MR) is 135 cm³/mol. The van der Waals surface area contributed by atoms with E-state index in [2.05, 4.69) is 93.5 Å². The van der Waals surface area contributed by atoms with Crippen LogP contribution in [-0.4, -0.2) is 12.4 Å². The van der Waals surface area contributed by atoms with Crippen molar-refractivity contribution in [1.82, 2.24) is 0 Å². The SMILES string of the molecule is Cc1cc(C(C)C)c(N=CC=Nc2c(C(C)C)cc(C)cc2C(C)C)c(C(C)C)c1. The van der Waals surface area contributed by atoms with Gasteiger partial charge in [0.1, 0.15) is 0 Å². The van der Waals surface area contributed by atoms with Gasteiger partial charge in [-0.2, -0.15) is 0 Å². The third kappa shape index (κ3) is 5.68. The molecular weight excluding hydrogens is 364 g/mol. The number of benzene rings is 2. The van der Waals surface area contributed by atoms with Crippen LogP contribution in [0.5, 0.6) is 0 Å². The van der Waals surface area contributed by atoms with Gasteiger partial charge in [0, 0.05) is 12.4 Å². The van der Waals surface area contributed by atoms with E-state index in [-0.39, 0.29) is 0 Å². The van der Waals surface area contributed by atoms with Gasteiger partial charge in [0.15, 0.2) is 0 Å². The van der Waals surface area contributed by atoms with Crippen LogP contribution in [-0.2, 0) is 0 Å². The van der Waals surface area contributed by atoms with Crippen molar-refractivity contribution in [2.24, 2.45) is 9.98 Å². The minimum absolute atomic E-state index is 0.434. The largest absolute Gasteiger partial charge is 0.255 e. The molecule has 0 aliphatic rings. The lowest BCUT2D eigenvalue weighted by molar-refractivity contribution is 0.831. The molecule has 2 nitrogen and oxygen atoms in total. The molecule has 162 valence electrons. The maximum absolute atomic E-state index is 4.90. The van der Waals surface area contributed by atoms with Gasteiger partial charge in [0.05, 0.1) is 11.4 Å². The molecule has 2 rings (SSSR count). The van der Waals surface area contributed by atoms with Gasteiger partial charge < -0.3 is 0 Å². The summed E-state index contributed by atoms with van der Waals surface area (Å²) in [6.45, 7) is 22.2.